The van der Waals surface area contributed by atoms with Crippen LogP contribution in [-0.4, -0.2) is 69.3 Å². The molecule has 1 aliphatic carbocycles. The highest BCUT2D eigenvalue weighted by Crippen LogP contribution is 2.37. The van der Waals surface area contributed by atoms with Crippen molar-refractivity contribution in [3.63, 3.8) is 0 Å². The number of aliphatic imine (C=N–C) groups is 1. The van der Waals surface area contributed by atoms with Crippen molar-refractivity contribution in [1.29, 1.82) is 0 Å². The molecule has 47 heavy (non-hydrogen) atoms. The Morgan fingerprint density at radius 3 is 2.53 bits per heavy atom. The zero-order chi connectivity index (χ0) is 33.9. The molecule has 8 nitrogen and oxygen atoms in total. The van der Waals surface area contributed by atoms with E-state index in [1.807, 2.05) is 45.9 Å². The number of carbonyl (C=O) groups excluding carboxylic acids is 2. The van der Waals surface area contributed by atoms with Crippen molar-refractivity contribution in [2.75, 3.05) is 26.2 Å². The molecule has 2 heterocycles. The Hall–Kier alpha value is -4.24. The summed E-state index contributed by atoms with van der Waals surface area (Å²) in [5.41, 5.74) is 4.13. The van der Waals surface area contributed by atoms with E-state index in [0.717, 1.165) is 17.8 Å². The van der Waals surface area contributed by atoms with Crippen molar-refractivity contribution in [3.8, 4) is 16.9 Å². The molecule has 0 radical (unpaired) electrons. The average molecular weight is 661 g/mol. The number of pyridine rings is 1. The first-order valence-electron chi connectivity index (χ1n) is 16.2. The molecule has 1 N–H and O–H groups in total. The van der Waals surface area contributed by atoms with Crippen molar-refractivity contribution in [2.24, 2.45) is 10.9 Å². The molecule has 1 atom stereocenters. The number of piperazine rings is 1. The fourth-order valence-electron chi connectivity index (χ4n) is 5.79. The fraction of sp³-hybridized carbons (Fsp3) is 0.405. The van der Waals surface area contributed by atoms with Gasteiger partial charge in [0.2, 0.25) is 0 Å². The largest absolute Gasteiger partial charge is 0.504 e. The number of hydrogen-bond donors (Lipinski definition) is 1. The quantitative estimate of drug-likeness (QED) is 0.265. The number of amides is 1. The highest BCUT2D eigenvalue weighted by Gasteiger charge is 2.27. The predicted octanol–water partition coefficient (Wildman–Crippen LogP) is 8.88. The number of nitrogens with zero attached hydrogens (tertiary/aromatic N) is 4. The second-order valence-corrected chi connectivity index (χ2v) is 13.7. The molecular formula is C37H42ClFN4O4. The lowest BCUT2D eigenvalue weighted by Crippen LogP contribution is -2.49. The molecule has 1 unspecified atom stereocenters. The van der Waals surface area contributed by atoms with Crippen molar-refractivity contribution in [2.45, 2.75) is 65.9 Å². The normalized spacial score (nSPS) is 18.2. The molecule has 0 bridgehead atoms. The maximum absolute atomic E-state index is 14.4. The summed E-state index contributed by atoms with van der Waals surface area (Å²) in [6.45, 7) is 12.3. The van der Waals surface area contributed by atoms with Crippen LogP contribution < -0.4 is 0 Å². The number of phenolic OH excluding ortho intramolecular Hbond substituents is 1. The summed E-state index contributed by atoms with van der Waals surface area (Å²) >= 11 is 6.10. The number of halogens is 2. The Kier molecular flexibility index (Phi) is 10.3. The van der Waals surface area contributed by atoms with Crippen molar-refractivity contribution in [1.82, 2.24) is 14.8 Å². The SMILES string of the molecule is CCCC(=O)c1cnc2ccc(-c3cc(F)c(O)c(Cl)c3)cc2c1N=C1C=CC(N2CCN(C(=O)OC(C)(C)C)CC2)=CCC(C)C1. The van der Waals surface area contributed by atoms with Crippen LogP contribution >= 0.6 is 11.6 Å². The van der Waals surface area contributed by atoms with E-state index in [4.69, 9.17) is 21.3 Å². The molecule has 1 aromatic heterocycles. The van der Waals surface area contributed by atoms with E-state index in [0.29, 0.717) is 78.7 Å². The number of hydrogen-bond acceptors (Lipinski definition) is 7. The first-order chi connectivity index (χ1) is 22.3. The summed E-state index contributed by atoms with van der Waals surface area (Å²) in [5.74, 6) is -1.17. The molecule has 2 aliphatic rings. The van der Waals surface area contributed by atoms with E-state index in [9.17, 15) is 19.1 Å². The first-order valence-corrected chi connectivity index (χ1v) is 16.5. The third-order valence-corrected chi connectivity index (χ3v) is 8.54. The molecule has 1 amide bonds. The first kappa shape index (κ1) is 34.1. The summed E-state index contributed by atoms with van der Waals surface area (Å²) in [7, 11) is 0. The van der Waals surface area contributed by atoms with Crippen LogP contribution in [0.3, 0.4) is 0 Å². The number of fused-ring (bicyclic) bond motifs is 1. The highest BCUT2D eigenvalue weighted by molar-refractivity contribution is 6.32. The Balaban J connectivity index is 1.50. The predicted molar refractivity (Wildman–Crippen MR) is 185 cm³/mol. The lowest BCUT2D eigenvalue weighted by atomic mass is 9.96. The van der Waals surface area contributed by atoms with Gasteiger partial charge in [0, 0.05) is 55.6 Å². The number of ketones is 1. The Morgan fingerprint density at radius 1 is 1.11 bits per heavy atom. The number of aromatic nitrogens is 1. The van der Waals surface area contributed by atoms with Gasteiger partial charge in [-0.3, -0.25) is 14.8 Å². The Morgan fingerprint density at radius 2 is 1.85 bits per heavy atom. The zero-order valence-corrected chi connectivity index (χ0v) is 28.4. The summed E-state index contributed by atoms with van der Waals surface area (Å²) in [6, 6.07) is 8.20. The van der Waals surface area contributed by atoms with Crippen LogP contribution in [0.4, 0.5) is 14.9 Å². The van der Waals surface area contributed by atoms with Crippen LogP contribution in [0.1, 0.15) is 70.7 Å². The van der Waals surface area contributed by atoms with E-state index in [1.165, 1.54) is 12.1 Å². The summed E-state index contributed by atoms with van der Waals surface area (Å²) < 4.78 is 20.0. The van der Waals surface area contributed by atoms with E-state index < -0.39 is 17.2 Å². The van der Waals surface area contributed by atoms with Gasteiger partial charge in [0.05, 0.1) is 21.8 Å². The third-order valence-electron chi connectivity index (χ3n) is 8.25. The number of benzene rings is 2. The molecule has 3 aromatic rings. The number of aromatic hydroxyl groups is 1. The van der Waals surface area contributed by atoms with Crippen LogP contribution in [0.15, 0.2) is 65.4 Å². The van der Waals surface area contributed by atoms with Gasteiger partial charge in [-0.2, -0.15) is 0 Å². The fourth-order valence-corrected chi connectivity index (χ4v) is 6.00. The molecule has 248 valence electrons. The summed E-state index contributed by atoms with van der Waals surface area (Å²) in [4.78, 5) is 39.7. The lowest BCUT2D eigenvalue weighted by Gasteiger charge is -2.37. The number of allylic oxidation sites excluding steroid dienone is 3. The second-order valence-electron chi connectivity index (χ2n) is 13.3. The highest BCUT2D eigenvalue weighted by atomic mass is 35.5. The van der Waals surface area contributed by atoms with Crippen LogP contribution in [0.5, 0.6) is 5.75 Å². The Labute approximate surface area is 280 Å². The molecule has 10 heteroatoms. The molecule has 5 rings (SSSR count). The molecule has 1 fully saturated rings. The van der Waals surface area contributed by atoms with Crippen molar-refractivity contribution < 1.29 is 23.8 Å². The van der Waals surface area contributed by atoms with Gasteiger partial charge in [-0.05, 0) is 93.5 Å². The molecule has 1 aliphatic heterocycles. The van der Waals surface area contributed by atoms with E-state index in [1.54, 1.807) is 17.2 Å². The molecule has 0 spiro atoms. The molecule has 2 aromatic carbocycles. The van der Waals surface area contributed by atoms with Gasteiger partial charge < -0.3 is 19.6 Å². The smallest absolute Gasteiger partial charge is 0.410 e. The number of Topliss-reactive ketones (excluding diaryl/α,β-unsaturated/α-hetero) is 1. The number of ether oxygens (including phenoxy) is 1. The van der Waals surface area contributed by atoms with E-state index >= 15 is 0 Å². The van der Waals surface area contributed by atoms with Gasteiger partial charge in [0.1, 0.15) is 5.60 Å². The van der Waals surface area contributed by atoms with Gasteiger partial charge in [0.15, 0.2) is 17.3 Å². The van der Waals surface area contributed by atoms with Crippen LogP contribution in [0.25, 0.3) is 22.0 Å². The number of phenols is 1. The van der Waals surface area contributed by atoms with Crippen LogP contribution in [0, 0.1) is 11.7 Å². The lowest BCUT2D eigenvalue weighted by molar-refractivity contribution is 0.0171. The zero-order valence-electron chi connectivity index (χ0n) is 27.6. The van der Waals surface area contributed by atoms with Gasteiger partial charge in [-0.15, -0.1) is 0 Å². The summed E-state index contributed by atoms with van der Waals surface area (Å²) in [5, 5.41) is 10.4. The van der Waals surface area contributed by atoms with E-state index in [2.05, 4.69) is 29.0 Å². The average Bonchev–Trinajstić information content (AvgIpc) is 3.01. The van der Waals surface area contributed by atoms with Crippen molar-refractivity contribution >= 4 is 45.8 Å². The number of rotatable bonds is 6. The van der Waals surface area contributed by atoms with Gasteiger partial charge in [-0.1, -0.05) is 37.6 Å². The summed E-state index contributed by atoms with van der Waals surface area (Å²) in [6.07, 6.45) is 10.2. The van der Waals surface area contributed by atoms with Gasteiger partial charge >= 0.3 is 6.09 Å². The monoisotopic (exact) mass is 660 g/mol. The van der Waals surface area contributed by atoms with E-state index in [-0.39, 0.29) is 22.8 Å². The third kappa shape index (κ3) is 8.19. The standard InChI is InChI=1S/C37H42ClFN4O4/c1-6-7-33(44)29-22-40-32-13-9-24(25-20-30(38)35(45)31(39)21-25)19-28(32)34(29)41-26-10-12-27(11-8-23(2)18-26)42-14-16-43(17-15-42)36(46)47-37(3,4)5/h9-13,19-23,45H,6-8,14-18H2,1-5H3. The minimum absolute atomic E-state index is 0.0447. The topological polar surface area (TPSA) is 95.3 Å². The second kappa shape index (κ2) is 14.3. The molecule has 0 saturated carbocycles. The van der Waals surface area contributed by atoms with Gasteiger partial charge in [0.25, 0.3) is 0 Å². The maximum Gasteiger partial charge on any atom is 0.410 e. The van der Waals surface area contributed by atoms with Crippen LogP contribution in [0.2, 0.25) is 5.02 Å². The van der Waals surface area contributed by atoms with Crippen molar-refractivity contribution in [3.05, 3.63) is 76.9 Å². The minimum atomic E-state index is -0.818. The minimum Gasteiger partial charge on any atom is -0.504 e. The molecule has 1 saturated heterocycles. The molecular weight excluding hydrogens is 619 g/mol. The Bertz CT molecular complexity index is 1750. The number of carbonyl (C=O) groups is 2. The van der Waals surface area contributed by atoms with Gasteiger partial charge in [-0.25, -0.2) is 9.18 Å². The maximum atomic E-state index is 14.4. The van der Waals surface area contributed by atoms with Crippen LogP contribution in [-0.2, 0) is 4.74 Å².